The number of nitrogens with one attached hydrogen (secondary N) is 1. The quantitative estimate of drug-likeness (QED) is 0.752. The lowest BCUT2D eigenvalue weighted by Crippen LogP contribution is -2.65. The maximum atomic E-state index is 14.6. The van der Waals surface area contributed by atoms with E-state index in [0.29, 0.717) is 11.3 Å². The summed E-state index contributed by atoms with van der Waals surface area (Å²) in [4.78, 5) is 25.8. The highest BCUT2D eigenvalue weighted by atomic mass is 32.2. The molecule has 1 aromatic carbocycles. The summed E-state index contributed by atoms with van der Waals surface area (Å²) < 4.78 is 50.4. The minimum Gasteiger partial charge on any atom is -0.483 e. The molecule has 3 rings (SSSR count). The monoisotopic (exact) mass is 442 g/mol. The van der Waals surface area contributed by atoms with Gasteiger partial charge in [0.2, 0.25) is 10.0 Å². The maximum Gasteiger partial charge on any atom is 0.410 e. The molecule has 1 saturated carbocycles. The topological polar surface area (TPSA) is 102 Å². The van der Waals surface area contributed by atoms with E-state index in [9.17, 15) is 22.4 Å². The summed E-state index contributed by atoms with van der Waals surface area (Å²) in [5.74, 6) is -1.47. The van der Waals surface area contributed by atoms with E-state index < -0.39 is 39.0 Å². The Bertz CT molecular complexity index is 976. The number of halogens is 1. The normalized spacial score (nSPS) is 18.4. The van der Waals surface area contributed by atoms with E-state index in [0.717, 1.165) is 25.2 Å². The molecule has 30 heavy (non-hydrogen) atoms. The average molecular weight is 443 g/mol. The van der Waals surface area contributed by atoms with Crippen LogP contribution in [0.3, 0.4) is 0 Å². The Kier molecular flexibility index (Phi) is 5.51. The van der Waals surface area contributed by atoms with Crippen LogP contribution in [0.5, 0.6) is 5.75 Å². The van der Waals surface area contributed by atoms with Crippen molar-refractivity contribution in [3.8, 4) is 5.75 Å². The van der Waals surface area contributed by atoms with E-state index in [1.165, 1.54) is 11.0 Å². The van der Waals surface area contributed by atoms with E-state index >= 15 is 0 Å². The van der Waals surface area contributed by atoms with Crippen molar-refractivity contribution in [2.45, 2.75) is 57.7 Å². The third-order valence-corrected chi connectivity index (χ3v) is 5.25. The fourth-order valence-electron chi connectivity index (χ4n) is 3.32. The minimum atomic E-state index is -3.81. The van der Waals surface area contributed by atoms with Crippen LogP contribution in [0, 0.1) is 5.82 Å². The molecule has 1 aromatic rings. The van der Waals surface area contributed by atoms with Gasteiger partial charge in [-0.05, 0) is 58.1 Å². The Hall–Kier alpha value is -2.36. The minimum absolute atomic E-state index is 0.121. The lowest BCUT2D eigenvalue weighted by Gasteiger charge is -2.47. The van der Waals surface area contributed by atoms with Crippen molar-refractivity contribution < 1.29 is 31.9 Å². The molecule has 1 saturated heterocycles. The van der Waals surface area contributed by atoms with E-state index in [2.05, 4.69) is 0 Å². The summed E-state index contributed by atoms with van der Waals surface area (Å²) in [6.45, 7) is 7.73. The van der Waals surface area contributed by atoms with Crippen LogP contribution in [0.4, 0.5) is 9.18 Å². The number of amides is 2. The zero-order valence-electron chi connectivity index (χ0n) is 17.7. The number of ether oxygens (including phenoxy) is 2. The van der Waals surface area contributed by atoms with Gasteiger partial charge in [-0.25, -0.2) is 22.3 Å². The van der Waals surface area contributed by atoms with Gasteiger partial charge >= 0.3 is 6.09 Å². The van der Waals surface area contributed by atoms with E-state index in [4.69, 9.17) is 9.47 Å². The lowest BCUT2D eigenvalue weighted by atomic mass is 9.96. The Labute approximate surface area is 175 Å². The van der Waals surface area contributed by atoms with Crippen LogP contribution in [-0.4, -0.2) is 55.9 Å². The largest absolute Gasteiger partial charge is 0.483 e. The molecule has 0 bridgehead atoms. The summed E-state index contributed by atoms with van der Waals surface area (Å²) in [7, 11) is -3.81. The van der Waals surface area contributed by atoms with Crippen molar-refractivity contribution in [1.29, 1.82) is 0 Å². The number of hydrogen-bond acceptors (Lipinski definition) is 6. The number of nitrogens with zero attached hydrogens (tertiary/aromatic N) is 1. The molecule has 1 aliphatic carbocycles. The van der Waals surface area contributed by atoms with Gasteiger partial charge in [-0.15, -0.1) is 0 Å². The second-order valence-corrected chi connectivity index (χ2v) is 11.0. The molecular weight excluding hydrogens is 415 g/mol. The summed E-state index contributed by atoms with van der Waals surface area (Å²) in [6, 6.07) is 2.47. The molecule has 166 valence electrons. The highest BCUT2D eigenvalue weighted by Gasteiger charge is 2.46. The fourth-order valence-corrected chi connectivity index (χ4v) is 3.76. The first-order valence-electron chi connectivity index (χ1n) is 9.68. The summed E-state index contributed by atoms with van der Waals surface area (Å²) in [6.07, 6.45) is 2.13. The Morgan fingerprint density at radius 3 is 2.33 bits per heavy atom. The number of hydrogen-bond donors (Lipinski definition) is 1. The predicted octanol–water partition coefficient (Wildman–Crippen LogP) is 2.78. The van der Waals surface area contributed by atoms with Crippen molar-refractivity contribution in [2.24, 2.45) is 0 Å². The number of sulfonamides is 1. The molecule has 8 nitrogen and oxygen atoms in total. The van der Waals surface area contributed by atoms with Gasteiger partial charge in [0.25, 0.3) is 5.91 Å². The van der Waals surface area contributed by atoms with Crippen LogP contribution in [-0.2, 0) is 14.8 Å². The molecular formula is C20H27FN2O6S. The zero-order chi connectivity index (χ0) is 22.5. The van der Waals surface area contributed by atoms with Crippen LogP contribution in [0.2, 0.25) is 0 Å². The first kappa shape index (κ1) is 22.3. The summed E-state index contributed by atoms with van der Waals surface area (Å²) >= 11 is 0. The van der Waals surface area contributed by atoms with Crippen molar-refractivity contribution in [3.63, 3.8) is 0 Å². The second-order valence-electron chi connectivity index (χ2n) is 9.24. The highest BCUT2D eigenvalue weighted by Crippen LogP contribution is 2.46. The molecule has 1 N–H and O–H groups in total. The molecule has 0 aromatic heterocycles. The maximum absolute atomic E-state index is 14.6. The van der Waals surface area contributed by atoms with Gasteiger partial charge in [-0.3, -0.25) is 4.79 Å². The predicted molar refractivity (Wildman–Crippen MR) is 108 cm³/mol. The molecule has 0 atom stereocenters. The summed E-state index contributed by atoms with van der Waals surface area (Å²) in [5, 5.41) is 0. The molecule has 1 heterocycles. The van der Waals surface area contributed by atoms with Gasteiger partial charge < -0.3 is 14.4 Å². The molecule has 1 aliphatic heterocycles. The van der Waals surface area contributed by atoms with Crippen molar-refractivity contribution in [3.05, 3.63) is 29.1 Å². The second kappa shape index (κ2) is 7.40. The van der Waals surface area contributed by atoms with Gasteiger partial charge in [0.05, 0.1) is 24.9 Å². The van der Waals surface area contributed by atoms with Crippen LogP contribution < -0.4 is 9.46 Å². The number of carbonyl (C=O) groups excluding carboxylic acids is 2. The van der Waals surface area contributed by atoms with Crippen molar-refractivity contribution in [2.75, 3.05) is 19.3 Å². The van der Waals surface area contributed by atoms with Crippen LogP contribution >= 0.6 is 0 Å². The Balaban J connectivity index is 1.76. The molecule has 2 amide bonds. The fraction of sp³-hybridized carbons (Fsp3) is 0.600. The molecule has 2 fully saturated rings. The SMILES string of the molecule is CC(C)(C)OC(=O)N1CC(C)(Oc2cc(F)c(C(=O)NS(C)(=O)=O)cc2C2CC2)C1. The lowest BCUT2D eigenvalue weighted by molar-refractivity contribution is -0.0716. The Morgan fingerprint density at radius 2 is 1.83 bits per heavy atom. The van der Waals surface area contributed by atoms with Gasteiger partial charge in [0.1, 0.15) is 22.8 Å². The standard InChI is InChI=1S/C20H27FN2O6S/c1-19(2,3)29-18(25)23-10-20(4,11-23)28-16-9-15(21)14(8-13(16)12-6-7-12)17(24)22-30(5,26)27/h8-9,12H,6-7,10-11H2,1-5H3,(H,22,24). The highest BCUT2D eigenvalue weighted by molar-refractivity contribution is 7.89. The third-order valence-electron chi connectivity index (χ3n) is 4.70. The van der Waals surface area contributed by atoms with E-state index in [1.807, 2.05) is 6.92 Å². The third kappa shape index (κ3) is 5.41. The van der Waals surface area contributed by atoms with Gasteiger partial charge in [0.15, 0.2) is 0 Å². The first-order chi connectivity index (χ1) is 13.7. The van der Waals surface area contributed by atoms with E-state index in [-0.39, 0.29) is 24.6 Å². The van der Waals surface area contributed by atoms with Gasteiger partial charge in [-0.2, -0.15) is 0 Å². The molecule has 2 aliphatic rings. The first-order valence-corrected chi connectivity index (χ1v) is 11.6. The number of benzene rings is 1. The van der Waals surface area contributed by atoms with Crippen LogP contribution in [0.25, 0.3) is 0 Å². The Morgan fingerprint density at radius 1 is 1.23 bits per heavy atom. The smallest absolute Gasteiger partial charge is 0.410 e. The van der Waals surface area contributed by atoms with Crippen LogP contribution in [0.1, 0.15) is 62.4 Å². The number of likely N-dealkylation sites (tertiary alicyclic amines) is 1. The number of carbonyl (C=O) groups is 2. The van der Waals surface area contributed by atoms with E-state index in [1.54, 1.807) is 25.5 Å². The average Bonchev–Trinajstić information content (AvgIpc) is 3.33. The van der Waals surface area contributed by atoms with Crippen LogP contribution in [0.15, 0.2) is 12.1 Å². The molecule has 10 heteroatoms. The molecule has 0 spiro atoms. The summed E-state index contributed by atoms with van der Waals surface area (Å²) in [5.41, 5.74) is -1.01. The van der Waals surface area contributed by atoms with Gasteiger partial charge in [-0.1, -0.05) is 0 Å². The van der Waals surface area contributed by atoms with Crippen molar-refractivity contribution >= 4 is 22.0 Å². The molecule has 0 radical (unpaired) electrons. The van der Waals surface area contributed by atoms with Crippen molar-refractivity contribution in [1.82, 2.24) is 9.62 Å². The van der Waals surface area contributed by atoms with Gasteiger partial charge in [0, 0.05) is 6.07 Å². The molecule has 0 unspecified atom stereocenters. The zero-order valence-corrected chi connectivity index (χ0v) is 18.6. The number of rotatable bonds is 5.